The third kappa shape index (κ3) is 3.20. The van der Waals surface area contributed by atoms with E-state index in [1.807, 2.05) is 0 Å². The molecule has 1 rings (SSSR count). The zero-order chi connectivity index (χ0) is 12.8. The van der Waals surface area contributed by atoms with E-state index in [9.17, 15) is 9.59 Å². The van der Waals surface area contributed by atoms with Crippen molar-refractivity contribution in [3.63, 3.8) is 0 Å². The summed E-state index contributed by atoms with van der Waals surface area (Å²) in [5, 5.41) is 0. The number of halogens is 1. The molecule has 0 bridgehead atoms. The number of carbonyl (C=O) groups excluding carboxylic acids is 2. The van der Waals surface area contributed by atoms with Crippen LogP contribution in [0.3, 0.4) is 0 Å². The van der Waals surface area contributed by atoms with Crippen LogP contribution in [-0.2, 0) is 4.74 Å². The maximum Gasteiger partial charge on any atom is 0.340 e. The van der Waals surface area contributed by atoms with Crippen molar-refractivity contribution >= 4 is 29.0 Å². The van der Waals surface area contributed by atoms with Crippen molar-refractivity contribution in [3.8, 4) is 0 Å². The molecular weight excluding hydrogens is 242 g/mol. The predicted molar refractivity (Wildman–Crippen MR) is 66.5 cm³/mol. The van der Waals surface area contributed by atoms with Gasteiger partial charge in [-0.25, -0.2) is 4.79 Å². The van der Waals surface area contributed by atoms with Crippen LogP contribution in [0.4, 0.5) is 5.69 Å². The monoisotopic (exact) mass is 255 g/mol. The maximum atomic E-state index is 11.8. The summed E-state index contributed by atoms with van der Waals surface area (Å²) in [7, 11) is 0. The zero-order valence-electron chi connectivity index (χ0n) is 9.53. The smallest absolute Gasteiger partial charge is 0.340 e. The van der Waals surface area contributed by atoms with Gasteiger partial charge in [-0.2, -0.15) is 0 Å². The van der Waals surface area contributed by atoms with E-state index < -0.39 is 5.97 Å². The van der Waals surface area contributed by atoms with E-state index in [1.54, 1.807) is 25.1 Å². The molecule has 0 spiro atoms. The van der Waals surface area contributed by atoms with Gasteiger partial charge in [0, 0.05) is 23.6 Å². The molecule has 17 heavy (non-hydrogen) atoms. The summed E-state index contributed by atoms with van der Waals surface area (Å²) in [5.74, 6) is -0.588. The minimum absolute atomic E-state index is 0.129. The van der Waals surface area contributed by atoms with Gasteiger partial charge in [0.15, 0.2) is 5.78 Å². The molecule has 4 nitrogen and oxygen atoms in total. The molecule has 0 unspecified atom stereocenters. The van der Waals surface area contributed by atoms with E-state index in [2.05, 4.69) is 0 Å². The van der Waals surface area contributed by atoms with Crippen LogP contribution in [0.25, 0.3) is 0 Å². The van der Waals surface area contributed by atoms with Crippen LogP contribution in [0.1, 0.15) is 34.1 Å². The molecule has 0 fully saturated rings. The number of hydrogen-bond acceptors (Lipinski definition) is 4. The third-order valence-electron chi connectivity index (χ3n) is 2.20. The lowest BCUT2D eigenvalue weighted by Gasteiger charge is -2.09. The minimum Gasteiger partial charge on any atom is -0.462 e. The Kier molecular flexibility index (Phi) is 4.97. The first kappa shape index (κ1) is 13.5. The molecule has 1 aromatic rings. The Labute approximate surface area is 105 Å². The minimum atomic E-state index is -0.580. The highest BCUT2D eigenvalue weighted by molar-refractivity contribution is 6.20. The van der Waals surface area contributed by atoms with Crippen molar-refractivity contribution in [2.45, 2.75) is 13.3 Å². The first-order valence-electron chi connectivity index (χ1n) is 5.26. The van der Waals surface area contributed by atoms with Gasteiger partial charge in [0.1, 0.15) is 0 Å². The van der Waals surface area contributed by atoms with Gasteiger partial charge in [-0.1, -0.05) is 12.1 Å². The lowest BCUT2D eigenvalue weighted by molar-refractivity contribution is 0.0524. The molecular formula is C12H14ClNO3. The van der Waals surface area contributed by atoms with Crippen LogP contribution in [0.5, 0.6) is 0 Å². The lowest BCUT2D eigenvalue weighted by atomic mass is 10.0. The quantitative estimate of drug-likeness (QED) is 0.379. The van der Waals surface area contributed by atoms with E-state index in [-0.39, 0.29) is 41.5 Å². The summed E-state index contributed by atoms with van der Waals surface area (Å²) in [5.41, 5.74) is 6.34. The molecule has 0 radical (unpaired) electrons. The molecule has 0 aliphatic rings. The molecule has 1 aromatic carbocycles. The van der Waals surface area contributed by atoms with Crippen LogP contribution in [0, 0.1) is 0 Å². The van der Waals surface area contributed by atoms with Crippen molar-refractivity contribution in [2.24, 2.45) is 0 Å². The lowest BCUT2D eigenvalue weighted by Crippen LogP contribution is -2.14. The number of nitrogen functional groups attached to an aromatic ring is 1. The summed E-state index contributed by atoms with van der Waals surface area (Å²) in [6, 6.07) is 4.74. The average molecular weight is 256 g/mol. The van der Waals surface area contributed by atoms with Crippen molar-refractivity contribution < 1.29 is 14.3 Å². The van der Waals surface area contributed by atoms with Gasteiger partial charge in [-0.15, -0.1) is 11.6 Å². The highest BCUT2D eigenvalue weighted by Gasteiger charge is 2.20. The number of ether oxygens (including phenoxy) is 1. The highest BCUT2D eigenvalue weighted by Crippen LogP contribution is 2.20. The van der Waals surface area contributed by atoms with Crippen molar-refractivity contribution in [2.75, 3.05) is 18.2 Å². The van der Waals surface area contributed by atoms with Crippen LogP contribution in [0.2, 0.25) is 0 Å². The van der Waals surface area contributed by atoms with Crippen LogP contribution >= 0.6 is 11.6 Å². The summed E-state index contributed by atoms with van der Waals surface area (Å²) >= 11 is 5.51. The fourth-order valence-corrected chi connectivity index (χ4v) is 1.63. The number of nitrogens with two attached hydrogens (primary N) is 1. The Balaban J connectivity index is 3.17. The standard InChI is InChI=1S/C12H14ClNO3/c1-2-17-12(16)11-8(10(15)6-7-13)4-3-5-9(11)14/h3-5H,2,6-7,14H2,1H3. The Morgan fingerprint density at radius 1 is 1.41 bits per heavy atom. The van der Waals surface area contributed by atoms with Crippen molar-refractivity contribution in [1.82, 2.24) is 0 Å². The SMILES string of the molecule is CCOC(=O)c1c(N)cccc1C(=O)CCCl. The Morgan fingerprint density at radius 3 is 2.71 bits per heavy atom. The number of esters is 1. The summed E-state index contributed by atoms with van der Waals surface area (Å²) in [4.78, 5) is 23.5. The molecule has 0 atom stereocenters. The molecule has 0 heterocycles. The number of benzene rings is 1. The molecule has 0 saturated carbocycles. The van der Waals surface area contributed by atoms with Gasteiger partial charge in [0.05, 0.1) is 12.2 Å². The van der Waals surface area contributed by atoms with Gasteiger partial charge in [-0.3, -0.25) is 4.79 Å². The molecule has 0 saturated heterocycles. The second-order valence-corrected chi connectivity index (χ2v) is 3.73. The topological polar surface area (TPSA) is 69.4 Å². The molecule has 0 aromatic heterocycles. The number of carbonyl (C=O) groups is 2. The zero-order valence-corrected chi connectivity index (χ0v) is 10.3. The molecule has 0 aliphatic carbocycles. The largest absolute Gasteiger partial charge is 0.462 e. The number of Topliss-reactive ketones (excluding diaryl/α,β-unsaturated/α-hetero) is 1. The van der Waals surface area contributed by atoms with Crippen molar-refractivity contribution in [1.29, 1.82) is 0 Å². The summed E-state index contributed by atoms with van der Waals surface area (Å²) in [6.07, 6.45) is 0.164. The van der Waals surface area contributed by atoms with Gasteiger partial charge < -0.3 is 10.5 Å². The fraction of sp³-hybridized carbons (Fsp3) is 0.333. The van der Waals surface area contributed by atoms with E-state index in [1.165, 1.54) is 0 Å². The van der Waals surface area contributed by atoms with Gasteiger partial charge >= 0.3 is 5.97 Å². The predicted octanol–water partition coefficient (Wildman–Crippen LogP) is 2.26. The molecule has 0 aliphatic heterocycles. The Hall–Kier alpha value is -1.55. The van der Waals surface area contributed by atoms with E-state index in [4.69, 9.17) is 22.1 Å². The number of hydrogen-bond donors (Lipinski definition) is 1. The first-order chi connectivity index (χ1) is 8.11. The van der Waals surface area contributed by atoms with E-state index in [0.717, 1.165) is 0 Å². The van der Waals surface area contributed by atoms with Gasteiger partial charge in [0.2, 0.25) is 0 Å². The number of ketones is 1. The Bertz CT molecular complexity index is 432. The van der Waals surface area contributed by atoms with Gasteiger partial charge in [-0.05, 0) is 13.0 Å². The molecule has 0 amide bonds. The normalized spacial score (nSPS) is 10.0. The summed E-state index contributed by atoms with van der Waals surface area (Å²) < 4.78 is 4.87. The first-order valence-corrected chi connectivity index (χ1v) is 5.80. The van der Waals surface area contributed by atoms with Crippen molar-refractivity contribution in [3.05, 3.63) is 29.3 Å². The van der Waals surface area contributed by atoms with Crippen LogP contribution in [0.15, 0.2) is 18.2 Å². The van der Waals surface area contributed by atoms with E-state index in [0.29, 0.717) is 0 Å². The molecule has 2 N–H and O–H groups in total. The van der Waals surface area contributed by atoms with Crippen LogP contribution in [-0.4, -0.2) is 24.2 Å². The second kappa shape index (κ2) is 6.25. The number of alkyl halides is 1. The second-order valence-electron chi connectivity index (χ2n) is 3.35. The average Bonchev–Trinajstić information content (AvgIpc) is 2.29. The summed E-state index contributed by atoms with van der Waals surface area (Å²) in [6.45, 7) is 1.92. The van der Waals surface area contributed by atoms with E-state index >= 15 is 0 Å². The highest BCUT2D eigenvalue weighted by atomic mass is 35.5. The van der Waals surface area contributed by atoms with Gasteiger partial charge in [0.25, 0.3) is 0 Å². The third-order valence-corrected chi connectivity index (χ3v) is 2.39. The number of rotatable bonds is 5. The fourth-order valence-electron chi connectivity index (χ4n) is 1.45. The number of anilines is 1. The molecule has 92 valence electrons. The Morgan fingerprint density at radius 2 is 2.12 bits per heavy atom. The van der Waals surface area contributed by atoms with Crippen LogP contribution < -0.4 is 5.73 Å². The maximum absolute atomic E-state index is 11.8. The molecule has 5 heteroatoms.